The number of halogens is 2. The minimum atomic E-state index is 0. The van der Waals surface area contributed by atoms with Crippen molar-refractivity contribution in [3.05, 3.63) is 192 Å². The Hall–Kier alpha value is -3.88. The minimum Gasteiger partial charge on any atom is -0.152 e. The van der Waals surface area contributed by atoms with Gasteiger partial charge in [0.05, 0.1) is 0 Å². The van der Waals surface area contributed by atoms with Crippen LogP contribution in [0.25, 0.3) is 43.4 Å². The molecule has 8 rings (SSSR count). The van der Waals surface area contributed by atoms with Crippen LogP contribution in [0.3, 0.4) is 0 Å². The summed E-state index contributed by atoms with van der Waals surface area (Å²) in [6.07, 6.45) is 0. The predicted octanol–water partition coefficient (Wildman–Crippen LogP) is 7.34. The second kappa shape index (κ2) is 17.8. The van der Waals surface area contributed by atoms with Crippen LogP contribution in [0.4, 0.5) is 0 Å². The molecule has 52 heavy (non-hydrogen) atoms. The van der Waals surface area contributed by atoms with Crippen molar-refractivity contribution in [1.29, 1.82) is 0 Å². The number of fused-ring (bicyclic) bond motifs is 4. The topological polar surface area (TPSA) is 0 Å². The molecule has 8 aromatic rings. The summed E-state index contributed by atoms with van der Waals surface area (Å²) in [7, 11) is 0. The van der Waals surface area contributed by atoms with Gasteiger partial charge < -0.3 is 24.8 Å². The molecule has 0 fully saturated rings. The zero-order valence-electron chi connectivity index (χ0n) is 30.9. The fraction of sp³-hybridized carbons (Fsp3) is 0.163. The largest absolute Gasteiger partial charge is 0.152 e. The second-order valence-corrected chi connectivity index (χ2v) is 16.9. The van der Waals surface area contributed by atoms with Gasteiger partial charge in [-0.15, -0.1) is 69.6 Å². The molecule has 0 spiro atoms. The second-order valence-electron chi connectivity index (χ2n) is 15.1. The van der Waals surface area contributed by atoms with Crippen molar-refractivity contribution in [1.82, 2.24) is 0 Å². The predicted molar refractivity (Wildman–Crippen MR) is 216 cm³/mol. The van der Waals surface area contributed by atoms with Gasteiger partial charge in [-0.1, -0.05) is 118 Å². The van der Waals surface area contributed by atoms with Gasteiger partial charge >= 0.3 is 98.9 Å². The van der Waals surface area contributed by atoms with Crippen molar-refractivity contribution in [2.45, 2.75) is 52.4 Å². The maximum Gasteiger partial charge on any atom is -0.0333 e. The van der Waals surface area contributed by atoms with Gasteiger partial charge in [-0.05, 0) is 16.2 Å². The van der Waals surface area contributed by atoms with Gasteiger partial charge in [-0.3, -0.25) is 0 Å². The molecular formula is C49H46Cl2Hf-2. The van der Waals surface area contributed by atoms with Crippen LogP contribution in [0, 0.1) is 0 Å². The molecule has 0 atom stereocenters. The van der Waals surface area contributed by atoms with Crippen molar-refractivity contribution >= 4 is 35.6 Å². The van der Waals surface area contributed by atoms with Crippen LogP contribution in [0.5, 0.6) is 0 Å². The van der Waals surface area contributed by atoms with E-state index in [2.05, 4.69) is 211 Å². The molecule has 0 bridgehead atoms. The molecule has 0 radical (unpaired) electrons. The number of rotatable bonds is 3. The van der Waals surface area contributed by atoms with E-state index < -0.39 is 0 Å². The van der Waals surface area contributed by atoms with E-state index in [9.17, 15) is 0 Å². The minimum absolute atomic E-state index is 0. The van der Waals surface area contributed by atoms with Crippen molar-refractivity contribution < 1.29 is 48.7 Å². The molecule has 0 saturated carbocycles. The summed E-state index contributed by atoms with van der Waals surface area (Å²) in [5.41, 5.74) is 8.50. The van der Waals surface area contributed by atoms with Crippen molar-refractivity contribution in [2.75, 3.05) is 0 Å². The summed E-state index contributed by atoms with van der Waals surface area (Å²) in [6.45, 7) is 13.6. The van der Waals surface area contributed by atoms with Crippen LogP contribution in [0.15, 0.2) is 170 Å². The molecule has 8 aromatic carbocycles. The number of benzene rings is 6. The SMILES string of the molecule is CC(C)(C)c1ccc2c(c1)[cH-]c1cc(C(C)(C)C)ccc12.[Cl-].[Cl-].[Hf+2]=[C](c1ccccc1)c1ccccc1.c1ccc2cc(-[c-]3cccc3)ccc2c1. The molecule has 0 N–H and O–H groups in total. The Labute approximate surface area is 337 Å². The van der Waals surface area contributed by atoms with Gasteiger partial charge in [0.1, 0.15) is 0 Å². The molecular weight excluding hydrogens is 838 g/mol. The van der Waals surface area contributed by atoms with Crippen LogP contribution in [0.2, 0.25) is 0 Å². The molecule has 262 valence electrons. The average Bonchev–Trinajstić information content (AvgIpc) is 3.80. The normalized spacial score (nSPS) is 11.1. The molecule has 0 aromatic heterocycles. The molecule has 0 amide bonds. The third-order valence-electron chi connectivity index (χ3n) is 9.31. The van der Waals surface area contributed by atoms with Crippen molar-refractivity contribution in [3.8, 4) is 11.1 Å². The van der Waals surface area contributed by atoms with Crippen LogP contribution in [-0.4, -0.2) is 3.26 Å². The van der Waals surface area contributed by atoms with Gasteiger partial charge in [0, 0.05) is 0 Å². The van der Waals surface area contributed by atoms with E-state index in [1.165, 1.54) is 69.0 Å². The number of hydrogen-bond donors (Lipinski definition) is 0. The first-order chi connectivity index (χ1) is 24.0. The maximum atomic E-state index is 2.35. The van der Waals surface area contributed by atoms with E-state index in [-0.39, 0.29) is 35.6 Å². The Morgan fingerprint density at radius 3 is 1.38 bits per heavy atom. The van der Waals surface area contributed by atoms with Crippen LogP contribution >= 0.6 is 0 Å². The molecule has 0 saturated heterocycles. The summed E-state index contributed by atoms with van der Waals surface area (Å²) in [6, 6.07) is 60.9. The van der Waals surface area contributed by atoms with Crippen LogP contribution in [0.1, 0.15) is 63.8 Å². The Bertz CT molecular complexity index is 2220. The monoisotopic (exact) mass is 884 g/mol. The third kappa shape index (κ3) is 9.95. The molecule has 0 unspecified atom stereocenters. The first-order valence-electron chi connectivity index (χ1n) is 17.5. The third-order valence-corrected chi connectivity index (χ3v) is 11.4. The molecule has 0 nitrogen and oxygen atoms in total. The van der Waals surface area contributed by atoms with E-state index in [4.69, 9.17) is 0 Å². The fourth-order valence-electron chi connectivity index (χ4n) is 6.27. The smallest absolute Gasteiger partial charge is 0.0333 e. The first kappa shape index (κ1) is 40.9. The van der Waals surface area contributed by atoms with Crippen LogP contribution in [-0.2, 0) is 34.7 Å². The number of hydrogen-bond acceptors (Lipinski definition) is 0. The zero-order valence-corrected chi connectivity index (χ0v) is 36.0. The molecule has 0 aliphatic heterocycles. The molecule has 0 aliphatic rings. The van der Waals surface area contributed by atoms with Gasteiger partial charge in [-0.2, -0.15) is 12.1 Å². The Morgan fingerprint density at radius 1 is 0.481 bits per heavy atom. The van der Waals surface area contributed by atoms with E-state index in [0.717, 1.165) is 23.9 Å². The summed E-state index contributed by atoms with van der Waals surface area (Å²) < 4.78 is 1.46. The fourth-order valence-corrected chi connectivity index (χ4v) is 7.46. The van der Waals surface area contributed by atoms with Gasteiger partial charge in [0.25, 0.3) is 0 Å². The van der Waals surface area contributed by atoms with Crippen molar-refractivity contribution in [3.63, 3.8) is 0 Å². The summed E-state index contributed by atoms with van der Waals surface area (Å²) in [5.74, 6) is 0. The molecule has 0 heterocycles. The zero-order chi connectivity index (χ0) is 35.3. The van der Waals surface area contributed by atoms with E-state index >= 15 is 0 Å². The first-order valence-corrected chi connectivity index (χ1v) is 19.3. The Morgan fingerprint density at radius 2 is 0.923 bits per heavy atom. The Kier molecular flexibility index (Phi) is 14.0. The van der Waals surface area contributed by atoms with Gasteiger partial charge in [-0.25, -0.2) is 0 Å². The quantitative estimate of drug-likeness (QED) is 0.129. The summed E-state index contributed by atoms with van der Waals surface area (Å²) in [5, 5.41) is 8.08. The van der Waals surface area contributed by atoms with Crippen molar-refractivity contribution in [2.24, 2.45) is 0 Å². The molecule has 0 aliphatic carbocycles. The maximum absolute atomic E-state index is 2.35. The summed E-state index contributed by atoms with van der Waals surface area (Å²) >= 11 is 1.08. The Balaban J connectivity index is 0.000000176. The van der Waals surface area contributed by atoms with Crippen LogP contribution < -0.4 is 24.8 Å². The average molecular weight is 884 g/mol. The van der Waals surface area contributed by atoms with E-state index in [1.54, 1.807) is 0 Å². The molecule has 3 heteroatoms. The van der Waals surface area contributed by atoms with Gasteiger partial charge in [0.15, 0.2) is 0 Å². The summed E-state index contributed by atoms with van der Waals surface area (Å²) in [4.78, 5) is 0. The van der Waals surface area contributed by atoms with E-state index in [0.29, 0.717) is 0 Å². The van der Waals surface area contributed by atoms with Gasteiger partial charge in [0.2, 0.25) is 0 Å². The standard InChI is InChI=1S/C21H25.C15H11.C13H10.2ClH.Hf/c1-20(2,3)16-7-9-18-14(12-16)11-15-13-17(21(4,5)6)8-10-19(15)18;1-2-6-12(5-1)15-10-9-13-7-3-4-8-14(13)11-15;1-3-7-12(8-4-1)11-13-9-5-2-6-10-13;;;/h7-13H,1-6H3;1-11H;1-10H;2*1H;/q2*-1;;;;+2/p-2. The van der Waals surface area contributed by atoms with E-state index in [1.807, 2.05) is 0 Å².